The predicted octanol–water partition coefficient (Wildman–Crippen LogP) is 0.967. The minimum absolute atomic E-state index is 0.839. The van der Waals surface area contributed by atoms with Crippen molar-refractivity contribution in [1.29, 1.82) is 0 Å². The van der Waals surface area contributed by atoms with Crippen LogP contribution in [0, 0.1) is 0 Å². The van der Waals surface area contributed by atoms with E-state index in [-0.39, 0.29) is 0 Å². The van der Waals surface area contributed by atoms with Crippen LogP contribution in [0.4, 0.5) is 26.3 Å². The van der Waals surface area contributed by atoms with Crippen LogP contribution < -0.4 is 5.73 Å². The highest BCUT2D eigenvalue weighted by Gasteiger charge is 2.47. The molecular formula is C5H4F6N2O2. The van der Waals surface area contributed by atoms with E-state index < -0.39 is 30.6 Å². The number of amides is 1. The number of alkyl halides is 6. The van der Waals surface area contributed by atoms with Crippen molar-refractivity contribution in [3.05, 3.63) is 0 Å². The van der Waals surface area contributed by atoms with Gasteiger partial charge in [0.15, 0.2) is 0 Å². The van der Waals surface area contributed by atoms with E-state index in [4.69, 9.17) is 0 Å². The average molecular weight is 238 g/mol. The molecule has 0 saturated heterocycles. The number of hydrogen-bond acceptors (Lipinski definition) is 3. The lowest BCUT2D eigenvalue weighted by Gasteiger charge is -2.14. The van der Waals surface area contributed by atoms with Crippen molar-refractivity contribution in [2.45, 2.75) is 18.5 Å². The molecule has 10 heteroatoms. The number of oxime groups is 1. The van der Waals surface area contributed by atoms with E-state index in [1.165, 1.54) is 0 Å². The molecule has 0 aromatic heterocycles. The van der Waals surface area contributed by atoms with Crippen LogP contribution in [0.2, 0.25) is 0 Å². The maximum atomic E-state index is 11.8. The van der Waals surface area contributed by atoms with Gasteiger partial charge in [-0.05, 0) is 0 Å². The molecule has 0 aromatic rings. The number of halogens is 6. The van der Waals surface area contributed by atoms with Crippen LogP contribution in [0.25, 0.3) is 0 Å². The highest BCUT2D eigenvalue weighted by Crippen LogP contribution is 2.23. The minimum atomic E-state index is -5.21. The number of primary amides is 1. The Kier molecular flexibility index (Phi) is 3.93. The Morgan fingerprint density at radius 2 is 1.73 bits per heavy atom. The van der Waals surface area contributed by atoms with Crippen molar-refractivity contribution < 1.29 is 36.0 Å². The van der Waals surface area contributed by atoms with Crippen molar-refractivity contribution in [2.75, 3.05) is 0 Å². The Hall–Kier alpha value is -1.48. The first-order valence-electron chi connectivity index (χ1n) is 3.17. The molecule has 0 heterocycles. The van der Waals surface area contributed by atoms with Crippen LogP contribution in [0.15, 0.2) is 5.16 Å². The second kappa shape index (κ2) is 4.36. The second-order valence-corrected chi connectivity index (χ2v) is 2.21. The molecule has 15 heavy (non-hydrogen) atoms. The lowest BCUT2D eigenvalue weighted by atomic mass is 10.3. The molecule has 2 N–H and O–H groups in total. The smallest absolute Gasteiger partial charge is 0.373 e. The summed E-state index contributed by atoms with van der Waals surface area (Å²) < 4.78 is 69.6. The van der Waals surface area contributed by atoms with Gasteiger partial charge in [-0.2, -0.15) is 26.3 Å². The second-order valence-electron chi connectivity index (χ2n) is 2.21. The Bertz CT molecular complexity index is 257. The summed E-state index contributed by atoms with van der Waals surface area (Å²) in [4.78, 5) is 13.4. The topological polar surface area (TPSA) is 64.7 Å². The van der Waals surface area contributed by atoms with Gasteiger partial charge in [0.1, 0.15) is 6.21 Å². The zero-order chi connectivity index (χ0) is 12.3. The highest BCUT2D eigenvalue weighted by molar-refractivity contribution is 5.79. The molecule has 0 rings (SSSR count). The van der Waals surface area contributed by atoms with Crippen molar-refractivity contribution >= 4 is 12.1 Å². The van der Waals surface area contributed by atoms with Gasteiger partial charge >= 0.3 is 12.4 Å². The van der Waals surface area contributed by atoms with Gasteiger partial charge in [0.2, 0.25) is 0 Å². The van der Waals surface area contributed by atoms with Gasteiger partial charge in [-0.15, -0.1) is 0 Å². The van der Waals surface area contributed by atoms with E-state index >= 15 is 0 Å². The summed E-state index contributed by atoms with van der Waals surface area (Å²) in [5.41, 5.74) is 4.23. The summed E-state index contributed by atoms with van der Waals surface area (Å²) >= 11 is 0. The number of carbonyl (C=O) groups excluding carboxylic acids is 1. The van der Waals surface area contributed by atoms with Crippen molar-refractivity contribution in [2.24, 2.45) is 10.9 Å². The number of hydrogen-bond donors (Lipinski definition) is 1. The van der Waals surface area contributed by atoms with Crippen molar-refractivity contribution in [3.63, 3.8) is 0 Å². The summed E-state index contributed by atoms with van der Waals surface area (Å²) in [7, 11) is 0. The van der Waals surface area contributed by atoms with E-state index in [2.05, 4.69) is 10.6 Å². The summed E-state index contributed by atoms with van der Waals surface area (Å²) in [5.74, 6) is -1.98. The molecule has 4 nitrogen and oxygen atoms in total. The molecule has 0 aliphatic heterocycles. The predicted molar refractivity (Wildman–Crippen MR) is 34.7 cm³/mol. The highest BCUT2D eigenvalue weighted by atomic mass is 19.4. The molecule has 1 amide bonds. The fourth-order valence-electron chi connectivity index (χ4n) is 0.424. The molecule has 0 bridgehead atoms. The quantitative estimate of drug-likeness (QED) is 0.452. The number of carbonyl (C=O) groups is 1. The Balaban J connectivity index is 4.47. The average Bonchev–Trinajstić information content (AvgIpc) is 1.92. The summed E-state index contributed by atoms with van der Waals surface area (Å²) in [6, 6.07) is 0. The summed E-state index contributed by atoms with van der Waals surface area (Å²) in [6.07, 6.45) is -14.2. The molecule has 1 unspecified atom stereocenters. The van der Waals surface area contributed by atoms with Crippen LogP contribution in [0.1, 0.15) is 0 Å². The van der Waals surface area contributed by atoms with E-state index in [0.717, 1.165) is 0 Å². The van der Waals surface area contributed by atoms with Crippen molar-refractivity contribution in [1.82, 2.24) is 0 Å². The fourth-order valence-corrected chi connectivity index (χ4v) is 0.424. The Labute approximate surface area is 78.7 Å². The molecular weight excluding hydrogens is 234 g/mol. The van der Waals surface area contributed by atoms with E-state index in [0.29, 0.717) is 0 Å². The van der Waals surface area contributed by atoms with Gasteiger partial charge in [-0.25, -0.2) is 0 Å². The molecule has 0 aromatic carbocycles. The monoisotopic (exact) mass is 238 g/mol. The van der Waals surface area contributed by atoms with Gasteiger partial charge in [-0.1, -0.05) is 5.16 Å². The van der Waals surface area contributed by atoms with Crippen LogP contribution in [-0.4, -0.2) is 30.6 Å². The molecule has 0 aliphatic rings. The third-order valence-electron chi connectivity index (χ3n) is 0.921. The zero-order valence-electron chi connectivity index (χ0n) is 6.76. The van der Waals surface area contributed by atoms with Gasteiger partial charge in [0, 0.05) is 0 Å². The van der Waals surface area contributed by atoms with Gasteiger partial charge in [0.25, 0.3) is 12.0 Å². The molecule has 0 fully saturated rings. The molecule has 0 spiro atoms. The molecule has 0 radical (unpaired) electrons. The van der Waals surface area contributed by atoms with Gasteiger partial charge < -0.3 is 10.6 Å². The van der Waals surface area contributed by atoms with E-state index in [1.807, 2.05) is 5.16 Å². The summed E-state index contributed by atoms with van der Waals surface area (Å²) in [5, 5.41) is 1.96. The number of nitrogens with zero attached hydrogens (tertiary/aromatic N) is 1. The normalized spacial score (nSPS) is 15.3. The van der Waals surface area contributed by atoms with Crippen LogP contribution in [-0.2, 0) is 9.63 Å². The van der Waals surface area contributed by atoms with Crippen LogP contribution in [0.3, 0.4) is 0 Å². The lowest BCUT2D eigenvalue weighted by molar-refractivity contribution is -0.217. The third-order valence-corrected chi connectivity index (χ3v) is 0.921. The maximum Gasteiger partial charge on any atom is 0.437 e. The maximum absolute atomic E-state index is 11.8. The lowest BCUT2D eigenvalue weighted by Crippen LogP contribution is -2.42. The minimum Gasteiger partial charge on any atom is -0.373 e. The number of rotatable bonds is 3. The first kappa shape index (κ1) is 13.5. The first-order chi connectivity index (χ1) is 6.54. The van der Waals surface area contributed by atoms with E-state index in [9.17, 15) is 31.1 Å². The SMILES string of the molecule is NC(=O)C(O/N=C/C(F)(F)F)C(F)(F)F. The number of nitrogens with two attached hydrogens (primary N) is 1. The fraction of sp³-hybridized carbons (Fsp3) is 0.600. The molecule has 88 valence electrons. The standard InChI is InChI=1S/C5H4F6N2O2/c6-4(7,8)1-13-15-2(3(12)14)5(9,10)11/h1-2H,(H2,12,14)/b13-1+. The first-order valence-corrected chi connectivity index (χ1v) is 3.17. The summed E-state index contributed by atoms with van der Waals surface area (Å²) in [6.45, 7) is 0. The molecule has 0 aliphatic carbocycles. The third kappa shape index (κ3) is 5.75. The largest absolute Gasteiger partial charge is 0.437 e. The van der Waals surface area contributed by atoms with Crippen LogP contribution >= 0.6 is 0 Å². The van der Waals surface area contributed by atoms with Gasteiger partial charge in [0.05, 0.1) is 0 Å². The van der Waals surface area contributed by atoms with Gasteiger partial charge in [-0.3, -0.25) is 4.79 Å². The molecule has 1 atom stereocenters. The Morgan fingerprint density at radius 3 is 2.00 bits per heavy atom. The van der Waals surface area contributed by atoms with E-state index in [1.54, 1.807) is 0 Å². The molecule has 0 saturated carbocycles. The Morgan fingerprint density at radius 1 is 1.27 bits per heavy atom. The van der Waals surface area contributed by atoms with Crippen LogP contribution in [0.5, 0.6) is 0 Å². The zero-order valence-corrected chi connectivity index (χ0v) is 6.76. The van der Waals surface area contributed by atoms with Crippen molar-refractivity contribution in [3.8, 4) is 0 Å².